The molecule has 0 aliphatic heterocycles. The van der Waals surface area contributed by atoms with Gasteiger partial charge < -0.3 is 25.2 Å². The summed E-state index contributed by atoms with van der Waals surface area (Å²) in [6.45, 7) is 10.4. The molecule has 60 heavy (non-hydrogen) atoms. The second-order valence-corrected chi connectivity index (χ2v) is 21.3. The van der Waals surface area contributed by atoms with Gasteiger partial charge in [0.15, 0.2) is 5.78 Å². The van der Waals surface area contributed by atoms with E-state index in [1.807, 2.05) is 65.6 Å². The SMILES string of the molecule is COc1ccc(NC(=O)N(C[C@@H]2CC[C@H]3C[C@@H]2C3(C)C)C[C@]2(O)CC[C@H]3[C@]45C=C[C@@]6(C=C4C(=O)c4ccccc4-c4ccccc4)CC(O)CC[C@]6(C)[C@H]5CC[C@@]32C)cc1. The Morgan fingerprint density at radius 2 is 1.52 bits per heavy atom. The summed E-state index contributed by atoms with van der Waals surface area (Å²) in [5, 5.41) is 27.9. The van der Waals surface area contributed by atoms with Crippen molar-refractivity contribution < 1.29 is 24.5 Å². The fourth-order valence-corrected chi connectivity index (χ4v) is 15.2. The molecule has 2 amide bonds. The van der Waals surface area contributed by atoms with E-state index < -0.39 is 27.9 Å². The molecule has 3 aromatic carbocycles. The van der Waals surface area contributed by atoms with Crippen LogP contribution in [0.5, 0.6) is 5.75 Å². The first-order valence-corrected chi connectivity index (χ1v) is 22.9. The van der Waals surface area contributed by atoms with Crippen LogP contribution in [-0.4, -0.2) is 58.8 Å². The van der Waals surface area contributed by atoms with Crippen LogP contribution >= 0.6 is 0 Å². The number of benzene rings is 3. The Balaban J connectivity index is 1.04. The molecule has 0 heterocycles. The highest BCUT2D eigenvalue weighted by Gasteiger charge is 2.74. The lowest BCUT2D eigenvalue weighted by Crippen LogP contribution is -2.67. The molecule has 7 nitrogen and oxygen atoms in total. The van der Waals surface area contributed by atoms with Gasteiger partial charge in [-0.15, -0.1) is 0 Å². The Morgan fingerprint density at radius 3 is 2.25 bits per heavy atom. The van der Waals surface area contributed by atoms with Crippen LogP contribution in [0.1, 0.15) is 102 Å². The number of anilines is 1. The van der Waals surface area contributed by atoms with E-state index in [9.17, 15) is 15.0 Å². The minimum Gasteiger partial charge on any atom is -0.497 e. The first kappa shape index (κ1) is 39.9. The molecule has 3 N–H and O–H groups in total. The van der Waals surface area contributed by atoms with Crippen LogP contribution in [0.2, 0.25) is 0 Å². The van der Waals surface area contributed by atoms with Gasteiger partial charge in [0.1, 0.15) is 5.75 Å². The molecule has 2 spiro atoms. The lowest BCUT2D eigenvalue weighted by atomic mass is 9.32. The van der Waals surface area contributed by atoms with E-state index in [1.165, 1.54) is 12.8 Å². The summed E-state index contributed by atoms with van der Waals surface area (Å²) in [4.78, 5) is 32.2. The second-order valence-electron chi connectivity index (χ2n) is 21.3. The zero-order chi connectivity index (χ0) is 41.9. The van der Waals surface area contributed by atoms with Crippen molar-refractivity contribution in [2.24, 2.45) is 56.7 Å². The minimum absolute atomic E-state index is 0.0152. The molecule has 9 aliphatic rings. The summed E-state index contributed by atoms with van der Waals surface area (Å²) in [6, 6.07) is 25.5. The van der Waals surface area contributed by atoms with Crippen LogP contribution in [0.25, 0.3) is 11.1 Å². The smallest absolute Gasteiger partial charge is 0.321 e. The van der Waals surface area contributed by atoms with Crippen LogP contribution < -0.4 is 10.1 Å². The van der Waals surface area contributed by atoms with Gasteiger partial charge >= 0.3 is 6.03 Å². The lowest BCUT2D eigenvalue weighted by Gasteiger charge is -2.71. The van der Waals surface area contributed by atoms with Crippen molar-refractivity contribution in [2.45, 2.75) is 104 Å². The molecule has 1 unspecified atom stereocenters. The first-order chi connectivity index (χ1) is 28.7. The lowest BCUT2D eigenvalue weighted by molar-refractivity contribution is -0.176. The number of fused-ring (bicyclic) bond motifs is 3. The molecular formula is C53H64N2O5. The minimum atomic E-state index is -1.17. The number of rotatable bonds is 9. The Kier molecular flexibility index (Phi) is 9.25. The molecule has 4 bridgehead atoms. The van der Waals surface area contributed by atoms with Crippen molar-refractivity contribution in [3.05, 3.63) is 108 Å². The molecule has 12 rings (SSSR count). The van der Waals surface area contributed by atoms with Crippen molar-refractivity contribution in [3.63, 3.8) is 0 Å². The third-order valence-corrected chi connectivity index (χ3v) is 18.8. The first-order valence-electron chi connectivity index (χ1n) is 22.9. The van der Waals surface area contributed by atoms with Crippen LogP contribution in [0.3, 0.4) is 0 Å². The third-order valence-electron chi connectivity index (χ3n) is 18.8. The third kappa shape index (κ3) is 5.59. The number of hydrogen-bond donors (Lipinski definition) is 3. The normalized spacial score (nSPS) is 39.0. The molecule has 316 valence electrons. The largest absolute Gasteiger partial charge is 0.497 e. The van der Waals surface area contributed by atoms with Gasteiger partial charge in [0, 0.05) is 39.6 Å². The van der Waals surface area contributed by atoms with Gasteiger partial charge in [-0.25, -0.2) is 4.79 Å². The summed E-state index contributed by atoms with van der Waals surface area (Å²) >= 11 is 0. The van der Waals surface area contributed by atoms with Crippen LogP contribution in [0, 0.1) is 56.7 Å². The Bertz CT molecular complexity index is 2250. The topological polar surface area (TPSA) is 99.1 Å². The summed E-state index contributed by atoms with van der Waals surface area (Å²) < 4.78 is 5.40. The Hall–Kier alpha value is -4.20. The van der Waals surface area contributed by atoms with Crippen molar-refractivity contribution in [2.75, 3.05) is 25.5 Å². The highest BCUT2D eigenvalue weighted by atomic mass is 16.5. The number of nitrogens with zero attached hydrogens (tertiary/aromatic N) is 1. The fraction of sp³-hybridized carbons (Fsp3) is 0.547. The van der Waals surface area contributed by atoms with E-state index >= 15 is 4.79 Å². The number of ketones is 1. The van der Waals surface area contributed by atoms with Gasteiger partial charge in [0.05, 0.1) is 25.4 Å². The average Bonchev–Trinajstić information content (AvgIpc) is 3.53. The molecule has 6 fully saturated rings. The molecule has 7 heteroatoms. The number of urea groups is 1. The van der Waals surface area contributed by atoms with Crippen molar-refractivity contribution >= 4 is 17.5 Å². The van der Waals surface area contributed by atoms with Gasteiger partial charge in [-0.2, -0.15) is 0 Å². The summed E-state index contributed by atoms with van der Waals surface area (Å²) in [6.07, 6.45) is 15.5. The molecular weight excluding hydrogens is 745 g/mol. The van der Waals surface area contributed by atoms with E-state index in [0.29, 0.717) is 42.5 Å². The summed E-state index contributed by atoms with van der Waals surface area (Å²) in [7, 11) is 1.64. The predicted octanol–water partition coefficient (Wildman–Crippen LogP) is 10.7. The number of amides is 2. The Morgan fingerprint density at radius 1 is 0.817 bits per heavy atom. The van der Waals surface area contributed by atoms with E-state index in [4.69, 9.17) is 4.74 Å². The van der Waals surface area contributed by atoms with Gasteiger partial charge in [0.2, 0.25) is 0 Å². The molecule has 3 aromatic rings. The van der Waals surface area contributed by atoms with E-state index in [-0.39, 0.29) is 41.0 Å². The number of ether oxygens (including phenoxy) is 1. The van der Waals surface area contributed by atoms with Gasteiger partial charge in [0.25, 0.3) is 0 Å². The maximum Gasteiger partial charge on any atom is 0.321 e. The summed E-state index contributed by atoms with van der Waals surface area (Å²) in [5.74, 6) is 2.65. The summed E-state index contributed by atoms with van der Waals surface area (Å²) in [5.41, 5.74) is 1.58. The number of aliphatic hydroxyl groups is 2. The predicted molar refractivity (Wildman–Crippen MR) is 236 cm³/mol. The van der Waals surface area contributed by atoms with E-state index in [1.54, 1.807) is 7.11 Å². The highest BCUT2D eigenvalue weighted by molar-refractivity contribution is 6.14. The number of carbonyl (C=O) groups is 2. The molecule has 11 atom stereocenters. The van der Waals surface area contributed by atoms with Crippen molar-refractivity contribution in [1.82, 2.24) is 4.90 Å². The number of Topliss-reactive ketones (excluding diaryl/α,β-unsaturated/α-hetero) is 1. The molecule has 9 aliphatic carbocycles. The van der Waals surface area contributed by atoms with Crippen molar-refractivity contribution in [1.29, 1.82) is 0 Å². The van der Waals surface area contributed by atoms with E-state index in [0.717, 1.165) is 66.9 Å². The number of hydrogen-bond acceptors (Lipinski definition) is 5. The second kappa shape index (κ2) is 13.9. The number of methoxy groups -OCH3 is 1. The molecule has 0 saturated heterocycles. The van der Waals surface area contributed by atoms with Crippen LogP contribution in [-0.2, 0) is 0 Å². The average molecular weight is 809 g/mol. The highest BCUT2D eigenvalue weighted by Crippen LogP contribution is 2.78. The number of aliphatic hydroxyl groups excluding tert-OH is 1. The maximum absolute atomic E-state index is 15.6. The van der Waals surface area contributed by atoms with Gasteiger partial charge in [-0.3, -0.25) is 4.79 Å². The van der Waals surface area contributed by atoms with Crippen molar-refractivity contribution in [3.8, 4) is 16.9 Å². The van der Waals surface area contributed by atoms with Gasteiger partial charge in [-0.05, 0) is 140 Å². The zero-order valence-corrected chi connectivity index (χ0v) is 36.3. The quantitative estimate of drug-likeness (QED) is 0.148. The number of allylic oxidation sites excluding steroid dienone is 4. The Labute approximate surface area is 356 Å². The van der Waals surface area contributed by atoms with Gasteiger partial charge in [-0.1, -0.05) is 101 Å². The zero-order valence-electron chi connectivity index (χ0n) is 36.3. The monoisotopic (exact) mass is 808 g/mol. The molecule has 6 saturated carbocycles. The van der Waals surface area contributed by atoms with Crippen LogP contribution in [0.4, 0.5) is 10.5 Å². The van der Waals surface area contributed by atoms with Crippen LogP contribution in [0.15, 0.2) is 103 Å². The maximum atomic E-state index is 15.6. The van der Waals surface area contributed by atoms with E-state index in [2.05, 4.69) is 69.4 Å². The standard InChI is InChI=1S/C53H64N2O5/c1-48(2)36-16-15-35(42(48)29-36)32-55(47(58)54-37-17-19-39(60-5)20-18-37)33-52(59)26-23-45-50(52,4)25-22-44-49(3)24-21-38(56)30-51(49)27-28-53(44,45)43(31-51)46(57)41-14-10-9-13-40(41)34-11-7-6-8-12-34/h6-14,17-20,27-28,31,35-36,38,42,44-45,56,59H,15-16,21-26,29-30,32-33H2,1-5H3,(H,54,58)/t35-,36-,38?,42-,44+,45+,49+,50-,51-,52+,53+/m0/s1. The number of carbonyl (C=O) groups excluding carboxylic acids is 2. The molecule has 0 radical (unpaired) electrons. The molecule has 0 aromatic heterocycles. The fourth-order valence-electron chi connectivity index (χ4n) is 15.2. The number of nitrogens with one attached hydrogen (secondary N) is 1.